The van der Waals surface area contributed by atoms with Crippen molar-refractivity contribution in [1.29, 1.82) is 0 Å². The van der Waals surface area contributed by atoms with Gasteiger partial charge in [-0.15, -0.1) is 18.3 Å². The van der Waals surface area contributed by atoms with Gasteiger partial charge in [0.15, 0.2) is 0 Å². The first-order valence-electron chi connectivity index (χ1n) is 13.5. The van der Waals surface area contributed by atoms with Crippen LogP contribution in [0.5, 0.6) is 0 Å². The van der Waals surface area contributed by atoms with Gasteiger partial charge in [0.25, 0.3) is 0 Å². The number of ketones is 1. The van der Waals surface area contributed by atoms with Crippen LogP contribution in [0.1, 0.15) is 79.1 Å². The molecular weight excluding hydrogens is 478 g/mol. The average molecular weight is 522 g/mol. The Balaban J connectivity index is 1.58. The molecule has 0 aromatic heterocycles. The molecule has 4 fully saturated rings. The molecule has 0 spiro atoms. The van der Waals surface area contributed by atoms with Gasteiger partial charge >= 0.3 is 5.97 Å². The lowest BCUT2D eigenvalue weighted by Gasteiger charge is -2.61. The molecule has 8 heteroatoms. The Morgan fingerprint density at radius 1 is 1.25 bits per heavy atom. The monoisotopic (exact) mass is 521 g/mol. The van der Waals surface area contributed by atoms with Crippen LogP contribution in [0.15, 0.2) is 12.7 Å². The molecule has 0 saturated heterocycles. The lowest BCUT2D eigenvalue weighted by molar-refractivity contribution is -0.205. The van der Waals surface area contributed by atoms with Crippen molar-refractivity contribution in [2.45, 2.75) is 103 Å². The van der Waals surface area contributed by atoms with E-state index in [1.807, 2.05) is 13.0 Å². The number of carbonyl (C=O) groups excluding carboxylic acids is 3. The van der Waals surface area contributed by atoms with E-state index in [2.05, 4.69) is 27.4 Å². The Labute approximate surface area is 219 Å². The number of carbonyl (C=O) groups is 3. The standard InChI is InChI=1S/C28H43NO6S/c1-6-26(4)14-22(35-23(32)15-36-20-8-7-19(13-20)29(34)16-30)27(5)17(2)9-11-28(18(3)25(26)33)12-10-21(31)24(27)28/h6,16-20,22,24-25,33-34H,1,7-15H2,2-5H3/t17-,18-,19?,20?,22+,24-,25?,26+,27+,28?/m0/s1. The van der Waals surface area contributed by atoms with Gasteiger partial charge in [0.05, 0.1) is 17.9 Å². The Kier molecular flexibility index (Phi) is 7.73. The summed E-state index contributed by atoms with van der Waals surface area (Å²) in [7, 11) is 0. The lowest BCUT2D eigenvalue weighted by Crippen LogP contribution is -2.63. The van der Waals surface area contributed by atoms with E-state index in [-0.39, 0.29) is 52.0 Å². The normalized spacial score (nSPS) is 46.4. The summed E-state index contributed by atoms with van der Waals surface area (Å²) in [6, 6.07) is -0.207. The third kappa shape index (κ3) is 4.35. The fraction of sp³-hybridized carbons (Fsp3) is 0.821. The molecule has 7 nitrogen and oxygen atoms in total. The number of hydroxylamine groups is 2. The molecule has 0 radical (unpaired) electrons. The largest absolute Gasteiger partial charge is 0.461 e. The highest BCUT2D eigenvalue weighted by molar-refractivity contribution is 8.00. The van der Waals surface area contributed by atoms with Gasteiger partial charge < -0.3 is 9.84 Å². The topological polar surface area (TPSA) is 104 Å². The van der Waals surface area contributed by atoms with Gasteiger partial charge in [0, 0.05) is 28.4 Å². The molecule has 202 valence electrons. The third-order valence-electron chi connectivity index (χ3n) is 10.9. The van der Waals surface area contributed by atoms with E-state index in [0.717, 1.165) is 30.7 Å². The number of esters is 1. The minimum Gasteiger partial charge on any atom is -0.461 e. The predicted molar refractivity (Wildman–Crippen MR) is 138 cm³/mol. The number of hydrogen-bond donors (Lipinski definition) is 2. The van der Waals surface area contributed by atoms with Crippen LogP contribution < -0.4 is 0 Å². The molecule has 0 aliphatic heterocycles. The zero-order valence-corrected chi connectivity index (χ0v) is 23.0. The first-order chi connectivity index (χ1) is 16.9. The maximum atomic E-state index is 13.5. The van der Waals surface area contributed by atoms with Crippen molar-refractivity contribution in [2.24, 2.45) is 34.0 Å². The summed E-state index contributed by atoms with van der Waals surface area (Å²) in [5.74, 6) is 0.0412. The Bertz CT molecular complexity index is 897. The molecule has 0 heterocycles. The van der Waals surface area contributed by atoms with Gasteiger partial charge in [0.2, 0.25) is 6.41 Å². The van der Waals surface area contributed by atoms with Gasteiger partial charge in [-0.25, -0.2) is 5.06 Å². The fourth-order valence-electron chi connectivity index (χ4n) is 8.28. The summed E-state index contributed by atoms with van der Waals surface area (Å²) in [4.78, 5) is 37.5. The van der Waals surface area contributed by atoms with E-state index in [4.69, 9.17) is 4.74 Å². The molecule has 0 aromatic carbocycles. The highest BCUT2D eigenvalue weighted by Crippen LogP contribution is 2.68. The Hall–Kier alpha value is -1.38. The highest BCUT2D eigenvalue weighted by Gasteiger charge is 2.68. The Morgan fingerprint density at radius 2 is 1.97 bits per heavy atom. The van der Waals surface area contributed by atoms with Crippen LogP contribution in [0.4, 0.5) is 0 Å². The molecule has 4 unspecified atom stereocenters. The zero-order valence-electron chi connectivity index (χ0n) is 22.2. The molecular formula is C28H43NO6S. The van der Waals surface area contributed by atoms with Crippen molar-refractivity contribution < 1.29 is 29.4 Å². The van der Waals surface area contributed by atoms with E-state index in [0.29, 0.717) is 32.1 Å². The number of thioether (sulfide) groups is 1. The van der Waals surface area contributed by atoms with E-state index in [9.17, 15) is 24.7 Å². The lowest BCUT2D eigenvalue weighted by atomic mass is 9.44. The zero-order chi connectivity index (χ0) is 26.5. The van der Waals surface area contributed by atoms with Crippen molar-refractivity contribution in [3.05, 3.63) is 12.7 Å². The molecule has 36 heavy (non-hydrogen) atoms. The summed E-state index contributed by atoms with van der Waals surface area (Å²) in [5.41, 5.74) is -1.43. The number of aliphatic hydroxyl groups excluding tert-OH is 1. The third-order valence-corrected chi connectivity index (χ3v) is 12.2. The highest BCUT2D eigenvalue weighted by atomic mass is 32.2. The number of amides is 1. The molecule has 4 aliphatic rings. The van der Waals surface area contributed by atoms with E-state index in [1.165, 1.54) is 11.8 Å². The SMILES string of the molecule is C=C[C@]1(C)C[C@@H](OC(=O)CSC2CCC(N(O)C=O)C2)[C@]2(C)[C@@H]3C(=O)CCC3(CC[C@@H]2C)[C@@H](C)C1O. The molecule has 1 amide bonds. The maximum absolute atomic E-state index is 13.5. The van der Waals surface area contributed by atoms with Crippen molar-refractivity contribution in [3.63, 3.8) is 0 Å². The molecule has 4 aliphatic carbocycles. The molecule has 2 N–H and O–H groups in total. The average Bonchev–Trinajstić information content (AvgIpc) is 3.48. The molecule has 4 rings (SSSR count). The number of ether oxygens (including phenoxy) is 1. The smallest absolute Gasteiger partial charge is 0.316 e. The number of hydrogen-bond acceptors (Lipinski definition) is 7. The van der Waals surface area contributed by atoms with Crippen LogP contribution in [0.25, 0.3) is 0 Å². The van der Waals surface area contributed by atoms with Crippen molar-refractivity contribution in [1.82, 2.24) is 5.06 Å². The van der Waals surface area contributed by atoms with Gasteiger partial charge in [-0.2, -0.15) is 0 Å². The number of Topliss-reactive ketones (excluding diaryl/α,β-unsaturated/α-hetero) is 1. The van der Waals surface area contributed by atoms with Gasteiger partial charge in [-0.05, 0) is 62.2 Å². The van der Waals surface area contributed by atoms with Crippen LogP contribution in [-0.4, -0.2) is 62.8 Å². The van der Waals surface area contributed by atoms with Crippen LogP contribution in [0.2, 0.25) is 0 Å². The molecule has 10 atom stereocenters. The number of rotatable bonds is 7. The van der Waals surface area contributed by atoms with Gasteiger partial charge in [-0.3, -0.25) is 19.6 Å². The van der Waals surface area contributed by atoms with Crippen LogP contribution in [0.3, 0.4) is 0 Å². The van der Waals surface area contributed by atoms with Gasteiger partial charge in [0.1, 0.15) is 11.9 Å². The van der Waals surface area contributed by atoms with Gasteiger partial charge in [-0.1, -0.05) is 33.8 Å². The molecule has 4 saturated carbocycles. The minimum absolute atomic E-state index is 0.0521. The summed E-state index contributed by atoms with van der Waals surface area (Å²) in [6.07, 6.45) is 6.84. The fourth-order valence-corrected chi connectivity index (χ4v) is 9.38. The summed E-state index contributed by atoms with van der Waals surface area (Å²) < 4.78 is 6.29. The summed E-state index contributed by atoms with van der Waals surface area (Å²) >= 11 is 1.51. The Morgan fingerprint density at radius 3 is 2.64 bits per heavy atom. The minimum atomic E-state index is -0.674. The first-order valence-corrected chi connectivity index (χ1v) is 14.6. The van der Waals surface area contributed by atoms with Crippen LogP contribution in [0, 0.1) is 34.0 Å². The summed E-state index contributed by atoms with van der Waals surface area (Å²) in [6.45, 7) is 12.5. The van der Waals surface area contributed by atoms with E-state index >= 15 is 0 Å². The van der Waals surface area contributed by atoms with E-state index < -0.39 is 23.0 Å². The summed E-state index contributed by atoms with van der Waals surface area (Å²) in [5, 5.41) is 22.2. The van der Waals surface area contributed by atoms with E-state index in [1.54, 1.807) is 0 Å². The number of aliphatic hydroxyl groups is 1. The van der Waals surface area contributed by atoms with Crippen molar-refractivity contribution in [2.75, 3.05) is 5.75 Å². The van der Waals surface area contributed by atoms with Crippen molar-refractivity contribution in [3.8, 4) is 0 Å². The second-order valence-electron chi connectivity index (χ2n) is 12.4. The van der Waals surface area contributed by atoms with Crippen LogP contribution >= 0.6 is 11.8 Å². The predicted octanol–water partition coefficient (Wildman–Crippen LogP) is 4.39. The maximum Gasteiger partial charge on any atom is 0.316 e. The second-order valence-corrected chi connectivity index (χ2v) is 13.7. The number of nitrogens with zero attached hydrogens (tertiary/aromatic N) is 1. The molecule has 2 bridgehead atoms. The van der Waals surface area contributed by atoms with Crippen LogP contribution in [-0.2, 0) is 19.1 Å². The quantitative estimate of drug-likeness (QED) is 0.168. The second kappa shape index (κ2) is 10.1. The van der Waals surface area contributed by atoms with Crippen molar-refractivity contribution >= 4 is 29.9 Å². The first kappa shape index (κ1) is 27.6. The molecule has 0 aromatic rings.